The highest BCUT2D eigenvalue weighted by molar-refractivity contribution is 7.98. The Kier molecular flexibility index (Phi) is 5.69. The molecule has 0 saturated heterocycles. The van der Waals surface area contributed by atoms with E-state index in [0.717, 1.165) is 5.75 Å². The van der Waals surface area contributed by atoms with Crippen LogP contribution in [0.3, 0.4) is 0 Å². The van der Waals surface area contributed by atoms with Crippen molar-refractivity contribution < 1.29 is 9.90 Å². The van der Waals surface area contributed by atoms with Crippen LogP contribution in [0.4, 0.5) is 0 Å². The van der Waals surface area contributed by atoms with Crippen LogP contribution in [0.5, 0.6) is 0 Å². The maximum absolute atomic E-state index is 11.3. The standard InChI is InChI=1S/C14H21NO2S/c1-11(2)15-14(3,13(16)17)10-18-9-12-7-5-4-6-8-12/h4-8,11,15H,9-10H2,1-3H3,(H,16,17). The summed E-state index contributed by atoms with van der Waals surface area (Å²) in [7, 11) is 0. The topological polar surface area (TPSA) is 49.3 Å². The van der Waals surface area contributed by atoms with Crippen molar-refractivity contribution in [2.24, 2.45) is 0 Å². The highest BCUT2D eigenvalue weighted by atomic mass is 32.2. The number of nitrogens with one attached hydrogen (secondary N) is 1. The first-order valence-corrected chi connectivity index (χ1v) is 7.22. The largest absolute Gasteiger partial charge is 0.480 e. The number of thioether (sulfide) groups is 1. The summed E-state index contributed by atoms with van der Waals surface area (Å²) in [6.45, 7) is 5.67. The Bertz CT molecular complexity index is 381. The van der Waals surface area contributed by atoms with Crippen LogP contribution in [0.1, 0.15) is 26.3 Å². The van der Waals surface area contributed by atoms with E-state index in [2.05, 4.69) is 17.4 Å². The average molecular weight is 267 g/mol. The minimum absolute atomic E-state index is 0.156. The zero-order valence-electron chi connectivity index (χ0n) is 11.1. The summed E-state index contributed by atoms with van der Waals surface area (Å²) in [4.78, 5) is 11.3. The summed E-state index contributed by atoms with van der Waals surface area (Å²) in [6, 6.07) is 10.2. The van der Waals surface area contributed by atoms with E-state index in [1.165, 1.54) is 5.56 Å². The highest BCUT2D eigenvalue weighted by Gasteiger charge is 2.33. The maximum Gasteiger partial charge on any atom is 0.324 e. The van der Waals surface area contributed by atoms with E-state index in [1.54, 1.807) is 18.7 Å². The number of hydrogen-bond acceptors (Lipinski definition) is 3. The fourth-order valence-corrected chi connectivity index (χ4v) is 2.89. The van der Waals surface area contributed by atoms with E-state index in [9.17, 15) is 9.90 Å². The smallest absolute Gasteiger partial charge is 0.324 e. The molecule has 0 aliphatic heterocycles. The van der Waals surface area contributed by atoms with Gasteiger partial charge in [0, 0.05) is 17.5 Å². The van der Waals surface area contributed by atoms with Crippen LogP contribution in [0, 0.1) is 0 Å². The third-order valence-electron chi connectivity index (χ3n) is 2.58. The predicted octanol–water partition coefficient (Wildman–Crippen LogP) is 2.76. The van der Waals surface area contributed by atoms with Crippen molar-refractivity contribution >= 4 is 17.7 Å². The molecule has 18 heavy (non-hydrogen) atoms. The van der Waals surface area contributed by atoms with Gasteiger partial charge in [-0.25, -0.2) is 0 Å². The molecule has 1 rings (SSSR count). The molecule has 0 saturated carbocycles. The van der Waals surface area contributed by atoms with Gasteiger partial charge in [-0.05, 0) is 26.3 Å². The van der Waals surface area contributed by atoms with Gasteiger partial charge < -0.3 is 5.11 Å². The predicted molar refractivity (Wildman–Crippen MR) is 76.9 cm³/mol. The summed E-state index contributed by atoms with van der Waals surface area (Å²) >= 11 is 1.64. The Morgan fingerprint density at radius 2 is 2.00 bits per heavy atom. The second-order valence-electron chi connectivity index (χ2n) is 4.91. The van der Waals surface area contributed by atoms with Crippen LogP contribution in [0.15, 0.2) is 30.3 Å². The Balaban J connectivity index is 2.50. The van der Waals surface area contributed by atoms with Crippen LogP contribution < -0.4 is 5.32 Å². The molecular weight excluding hydrogens is 246 g/mol. The Morgan fingerprint density at radius 3 is 2.50 bits per heavy atom. The molecule has 0 aromatic heterocycles. The number of hydrogen-bond donors (Lipinski definition) is 2. The number of carboxylic acids is 1. The number of carboxylic acid groups (broad SMARTS) is 1. The van der Waals surface area contributed by atoms with E-state index in [0.29, 0.717) is 5.75 Å². The Labute approximate surface area is 113 Å². The normalized spacial score (nSPS) is 14.4. The summed E-state index contributed by atoms with van der Waals surface area (Å²) in [6.07, 6.45) is 0. The zero-order chi connectivity index (χ0) is 13.6. The third-order valence-corrected chi connectivity index (χ3v) is 3.90. The quantitative estimate of drug-likeness (QED) is 0.797. The molecule has 4 heteroatoms. The van der Waals surface area contributed by atoms with E-state index in [4.69, 9.17) is 0 Å². The van der Waals surface area contributed by atoms with Crippen LogP contribution in [-0.4, -0.2) is 28.4 Å². The lowest BCUT2D eigenvalue weighted by atomic mass is 10.1. The molecule has 0 spiro atoms. The molecule has 0 aliphatic rings. The molecule has 1 aromatic carbocycles. The van der Waals surface area contributed by atoms with E-state index in [-0.39, 0.29) is 6.04 Å². The number of carbonyl (C=O) groups is 1. The first kappa shape index (κ1) is 15.1. The lowest BCUT2D eigenvalue weighted by Gasteiger charge is -2.28. The minimum Gasteiger partial charge on any atom is -0.480 e. The van der Waals surface area contributed by atoms with Crippen LogP contribution in [-0.2, 0) is 10.5 Å². The van der Waals surface area contributed by atoms with Crippen molar-refractivity contribution in [3.63, 3.8) is 0 Å². The van der Waals surface area contributed by atoms with Crippen LogP contribution in [0.25, 0.3) is 0 Å². The van der Waals surface area contributed by atoms with Crippen molar-refractivity contribution in [3.8, 4) is 0 Å². The summed E-state index contributed by atoms with van der Waals surface area (Å²) < 4.78 is 0. The van der Waals surface area contributed by atoms with Gasteiger partial charge in [0.15, 0.2) is 0 Å². The lowest BCUT2D eigenvalue weighted by molar-refractivity contribution is -0.143. The molecule has 1 aromatic rings. The molecule has 0 fully saturated rings. The van der Waals surface area contributed by atoms with Crippen molar-refractivity contribution in [1.29, 1.82) is 0 Å². The van der Waals surface area contributed by atoms with Gasteiger partial charge in [0.2, 0.25) is 0 Å². The van der Waals surface area contributed by atoms with Crippen molar-refractivity contribution in [2.45, 2.75) is 38.1 Å². The second-order valence-corrected chi connectivity index (χ2v) is 5.90. The Morgan fingerprint density at radius 1 is 1.39 bits per heavy atom. The molecule has 3 nitrogen and oxygen atoms in total. The molecule has 1 atom stereocenters. The SMILES string of the molecule is CC(C)NC(C)(CSCc1ccccc1)C(=O)O. The highest BCUT2D eigenvalue weighted by Crippen LogP contribution is 2.19. The monoisotopic (exact) mass is 267 g/mol. The maximum atomic E-state index is 11.3. The van der Waals surface area contributed by atoms with E-state index >= 15 is 0 Å². The fraction of sp³-hybridized carbons (Fsp3) is 0.500. The lowest BCUT2D eigenvalue weighted by Crippen LogP contribution is -2.54. The van der Waals surface area contributed by atoms with Gasteiger partial charge in [0.1, 0.15) is 5.54 Å². The molecule has 1 unspecified atom stereocenters. The van der Waals surface area contributed by atoms with Crippen molar-refractivity contribution in [2.75, 3.05) is 5.75 Å². The van der Waals surface area contributed by atoms with Crippen molar-refractivity contribution in [1.82, 2.24) is 5.32 Å². The van der Waals surface area contributed by atoms with E-state index in [1.807, 2.05) is 32.0 Å². The molecule has 0 amide bonds. The van der Waals surface area contributed by atoms with Gasteiger partial charge in [-0.2, -0.15) is 11.8 Å². The molecule has 2 N–H and O–H groups in total. The Hall–Kier alpha value is -1.00. The first-order valence-electron chi connectivity index (χ1n) is 6.07. The molecule has 0 bridgehead atoms. The average Bonchev–Trinajstić information content (AvgIpc) is 2.29. The van der Waals surface area contributed by atoms with Gasteiger partial charge >= 0.3 is 5.97 Å². The van der Waals surface area contributed by atoms with Gasteiger partial charge in [-0.3, -0.25) is 10.1 Å². The second kappa shape index (κ2) is 6.81. The van der Waals surface area contributed by atoms with Crippen LogP contribution in [0.2, 0.25) is 0 Å². The third kappa shape index (κ3) is 4.70. The van der Waals surface area contributed by atoms with Gasteiger partial charge in [0.05, 0.1) is 0 Å². The zero-order valence-corrected chi connectivity index (χ0v) is 12.0. The molecule has 0 aliphatic carbocycles. The number of aliphatic carboxylic acids is 1. The molecule has 0 radical (unpaired) electrons. The summed E-state index contributed by atoms with van der Waals surface area (Å²) in [5.41, 5.74) is 0.355. The van der Waals surface area contributed by atoms with Crippen LogP contribution >= 0.6 is 11.8 Å². The number of rotatable bonds is 7. The van der Waals surface area contributed by atoms with Gasteiger partial charge in [-0.1, -0.05) is 30.3 Å². The van der Waals surface area contributed by atoms with Gasteiger partial charge in [-0.15, -0.1) is 0 Å². The summed E-state index contributed by atoms with van der Waals surface area (Å²) in [5.74, 6) is 0.593. The fourth-order valence-electron chi connectivity index (χ4n) is 1.75. The summed E-state index contributed by atoms with van der Waals surface area (Å²) in [5, 5.41) is 12.4. The molecule has 0 heterocycles. The molecule has 100 valence electrons. The minimum atomic E-state index is -0.867. The molecular formula is C14H21NO2S. The first-order chi connectivity index (χ1) is 8.44. The number of benzene rings is 1. The van der Waals surface area contributed by atoms with E-state index < -0.39 is 11.5 Å². The van der Waals surface area contributed by atoms with Gasteiger partial charge in [0.25, 0.3) is 0 Å². The van der Waals surface area contributed by atoms with Crippen molar-refractivity contribution in [3.05, 3.63) is 35.9 Å².